The molecule has 0 bridgehead atoms. The number of fused-ring (bicyclic) bond motifs is 2. The molecule has 0 radical (unpaired) electrons. The number of rotatable bonds is 2. The van der Waals surface area contributed by atoms with Crippen LogP contribution < -0.4 is 0 Å². The summed E-state index contributed by atoms with van der Waals surface area (Å²) in [7, 11) is 0. The molecular weight excluding hydrogens is 266 g/mol. The highest BCUT2D eigenvalue weighted by Gasteiger charge is 2.28. The van der Waals surface area contributed by atoms with E-state index in [2.05, 4.69) is 9.97 Å². The molecule has 0 saturated carbocycles. The van der Waals surface area contributed by atoms with Gasteiger partial charge < -0.3 is 5.11 Å². The molecule has 5 heteroatoms. The fraction of sp³-hybridized carbons (Fsp3) is 0.188. The quantitative estimate of drug-likeness (QED) is 0.782. The maximum absolute atomic E-state index is 11.2. The average molecular weight is 279 g/mol. The molecule has 2 aromatic heterocycles. The number of aromatic nitrogens is 3. The van der Waals surface area contributed by atoms with Crippen LogP contribution in [0.5, 0.6) is 0 Å². The zero-order chi connectivity index (χ0) is 14.4. The topological polar surface area (TPSA) is 68.0 Å². The minimum atomic E-state index is -0.740. The van der Waals surface area contributed by atoms with Crippen molar-refractivity contribution in [2.75, 3.05) is 0 Å². The van der Waals surface area contributed by atoms with Gasteiger partial charge in [-0.15, -0.1) is 0 Å². The van der Waals surface area contributed by atoms with Crippen molar-refractivity contribution in [3.8, 4) is 5.69 Å². The number of hydrogen-bond acceptors (Lipinski definition) is 3. The first-order chi connectivity index (χ1) is 10.2. The Morgan fingerprint density at radius 1 is 1.29 bits per heavy atom. The third kappa shape index (κ3) is 1.81. The van der Waals surface area contributed by atoms with Crippen molar-refractivity contribution in [2.45, 2.75) is 18.8 Å². The highest BCUT2D eigenvalue weighted by Crippen LogP contribution is 2.34. The summed E-state index contributed by atoms with van der Waals surface area (Å²) in [6.45, 7) is 0. The van der Waals surface area contributed by atoms with Crippen LogP contribution in [-0.2, 0) is 11.2 Å². The number of imidazole rings is 1. The highest BCUT2D eigenvalue weighted by molar-refractivity contribution is 5.78. The number of carboxylic acids is 1. The summed E-state index contributed by atoms with van der Waals surface area (Å²) < 4.78 is 1.93. The smallest absolute Gasteiger partial charge is 0.310 e. The Labute approximate surface area is 120 Å². The number of carbonyl (C=O) groups is 1. The van der Waals surface area contributed by atoms with Gasteiger partial charge in [-0.1, -0.05) is 6.07 Å². The largest absolute Gasteiger partial charge is 0.481 e. The van der Waals surface area contributed by atoms with Gasteiger partial charge in [-0.3, -0.25) is 9.36 Å². The number of carboxylic acid groups (broad SMARTS) is 1. The van der Waals surface area contributed by atoms with Gasteiger partial charge in [-0.2, -0.15) is 0 Å². The molecule has 0 fully saturated rings. The van der Waals surface area contributed by atoms with E-state index in [1.807, 2.05) is 34.9 Å². The van der Waals surface area contributed by atoms with E-state index < -0.39 is 5.97 Å². The van der Waals surface area contributed by atoms with E-state index in [0.29, 0.717) is 6.42 Å². The molecule has 0 amide bonds. The third-order valence-corrected chi connectivity index (χ3v) is 4.09. The van der Waals surface area contributed by atoms with Gasteiger partial charge in [-0.25, -0.2) is 9.97 Å². The van der Waals surface area contributed by atoms with Crippen LogP contribution in [0, 0.1) is 0 Å². The van der Waals surface area contributed by atoms with Crippen LogP contribution in [0.1, 0.15) is 23.5 Å². The Hall–Kier alpha value is -2.69. The summed E-state index contributed by atoms with van der Waals surface area (Å²) >= 11 is 0. The summed E-state index contributed by atoms with van der Waals surface area (Å²) in [6, 6.07) is 9.70. The fourth-order valence-electron chi connectivity index (χ4n) is 3.05. The lowest BCUT2D eigenvalue weighted by molar-refractivity contribution is -0.138. The van der Waals surface area contributed by atoms with Crippen LogP contribution in [0.2, 0.25) is 0 Å². The van der Waals surface area contributed by atoms with E-state index in [9.17, 15) is 9.90 Å². The number of nitrogens with zero attached hydrogens (tertiary/aromatic N) is 3. The molecule has 1 N–H and O–H groups in total. The van der Waals surface area contributed by atoms with E-state index in [1.54, 1.807) is 12.5 Å². The molecule has 0 spiro atoms. The van der Waals surface area contributed by atoms with Gasteiger partial charge in [0.05, 0.1) is 5.92 Å². The molecule has 0 saturated heterocycles. The Morgan fingerprint density at radius 2 is 2.19 bits per heavy atom. The molecule has 3 aromatic rings. The van der Waals surface area contributed by atoms with Crippen LogP contribution in [0.4, 0.5) is 0 Å². The highest BCUT2D eigenvalue weighted by atomic mass is 16.4. The van der Waals surface area contributed by atoms with Crippen molar-refractivity contribution in [1.82, 2.24) is 14.5 Å². The maximum Gasteiger partial charge on any atom is 0.310 e. The maximum atomic E-state index is 11.2. The molecule has 5 nitrogen and oxygen atoms in total. The lowest BCUT2D eigenvalue weighted by Crippen LogP contribution is -2.07. The zero-order valence-electron chi connectivity index (χ0n) is 11.2. The van der Waals surface area contributed by atoms with Gasteiger partial charge in [0.25, 0.3) is 0 Å². The first-order valence-electron chi connectivity index (χ1n) is 6.88. The minimum Gasteiger partial charge on any atom is -0.481 e. The lowest BCUT2D eigenvalue weighted by Gasteiger charge is -2.09. The van der Waals surface area contributed by atoms with Crippen molar-refractivity contribution >= 4 is 17.1 Å². The third-order valence-electron chi connectivity index (χ3n) is 4.09. The normalized spacial score (nSPS) is 17.0. The number of benzene rings is 1. The van der Waals surface area contributed by atoms with Gasteiger partial charge in [0.1, 0.15) is 11.8 Å². The molecule has 1 aliphatic carbocycles. The van der Waals surface area contributed by atoms with Crippen molar-refractivity contribution in [3.05, 3.63) is 54.0 Å². The van der Waals surface area contributed by atoms with Gasteiger partial charge in [0.2, 0.25) is 0 Å². The van der Waals surface area contributed by atoms with Crippen LogP contribution in [-0.4, -0.2) is 25.6 Å². The minimum absolute atomic E-state index is 0.369. The molecule has 1 atom stereocenters. The molecule has 2 heterocycles. The Bertz CT molecular complexity index is 854. The number of aliphatic carboxylic acids is 1. The van der Waals surface area contributed by atoms with Crippen LogP contribution >= 0.6 is 0 Å². The van der Waals surface area contributed by atoms with Crippen molar-refractivity contribution in [3.63, 3.8) is 0 Å². The second kappa shape index (κ2) is 4.41. The standard InChI is InChI=1S/C16H13N3O2/c20-16(21)13-5-3-10-8-11(4-6-12(10)13)19-9-18-14-2-1-7-17-15(14)19/h1-2,4,6-9,13H,3,5H2,(H,20,21)/t13-/m1/s1. The number of aryl methyl sites for hydroxylation is 1. The van der Waals surface area contributed by atoms with Gasteiger partial charge >= 0.3 is 5.97 Å². The van der Waals surface area contributed by atoms with E-state index in [0.717, 1.165) is 34.4 Å². The molecule has 104 valence electrons. The van der Waals surface area contributed by atoms with Gasteiger partial charge in [-0.05, 0) is 48.2 Å². The van der Waals surface area contributed by atoms with Crippen molar-refractivity contribution < 1.29 is 9.90 Å². The summed E-state index contributed by atoms with van der Waals surface area (Å²) in [5.41, 5.74) is 4.67. The first-order valence-corrected chi connectivity index (χ1v) is 6.88. The van der Waals surface area contributed by atoms with Gasteiger partial charge in [0, 0.05) is 11.9 Å². The van der Waals surface area contributed by atoms with E-state index in [1.165, 1.54) is 0 Å². The second-order valence-electron chi connectivity index (χ2n) is 5.27. The Kier molecular flexibility index (Phi) is 2.54. The summed E-state index contributed by atoms with van der Waals surface area (Å²) in [4.78, 5) is 19.9. The first kappa shape index (κ1) is 12.1. The monoisotopic (exact) mass is 279 g/mol. The SMILES string of the molecule is O=C(O)[C@@H]1CCc2cc(-n3cnc4cccnc43)ccc21. The zero-order valence-corrected chi connectivity index (χ0v) is 11.2. The van der Waals surface area contributed by atoms with Crippen LogP contribution in [0.25, 0.3) is 16.9 Å². The number of hydrogen-bond donors (Lipinski definition) is 1. The van der Waals surface area contributed by atoms with E-state index >= 15 is 0 Å². The molecule has 1 aromatic carbocycles. The average Bonchev–Trinajstić information content (AvgIpc) is 3.10. The summed E-state index contributed by atoms with van der Waals surface area (Å²) in [6.07, 6.45) is 4.98. The molecular formula is C16H13N3O2. The van der Waals surface area contributed by atoms with E-state index in [-0.39, 0.29) is 5.92 Å². The fourth-order valence-corrected chi connectivity index (χ4v) is 3.05. The Morgan fingerprint density at radius 3 is 3.05 bits per heavy atom. The van der Waals surface area contributed by atoms with Crippen LogP contribution in [0.3, 0.4) is 0 Å². The van der Waals surface area contributed by atoms with Crippen molar-refractivity contribution in [1.29, 1.82) is 0 Å². The van der Waals surface area contributed by atoms with E-state index in [4.69, 9.17) is 0 Å². The van der Waals surface area contributed by atoms with Gasteiger partial charge in [0.15, 0.2) is 5.65 Å². The molecule has 0 aliphatic heterocycles. The predicted molar refractivity (Wildman–Crippen MR) is 77.6 cm³/mol. The van der Waals surface area contributed by atoms with Crippen LogP contribution in [0.15, 0.2) is 42.9 Å². The molecule has 21 heavy (non-hydrogen) atoms. The number of pyridine rings is 1. The molecule has 0 unspecified atom stereocenters. The molecule has 4 rings (SSSR count). The molecule has 1 aliphatic rings. The second-order valence-corrected chi connectivity index (χ2v) is 5.27. The summed E-state index contributed by atoms with van der Waals surface area (Å²) in [5.74, 6) is -1.11. The lowest BCUT2D eigenvalue weighted by atomic mass is 10.0. The predicted octanol–water partition coefficient (Wildman–Crippen LogP) is 2.53. The van der Waals surface area contributed by atoms with Crippen molar-refractivity contribution in [2.24, 2.45) is 0 Å². The Balaban J connectivity index is 1.83. The summed E-state index contributed by atoms with van der Waals surface area (Å²) in [5, 5.41) is 9.23.